The summed E-state index contributed by atoms with van der Waals surface area (Å²) in [4.78, 5) is 19.9. The van der Waals surface area contributed by atoms with E-state index in [0.717, 1.165) is 17.1 Å². The zero-order valence-corrected chi connectivity index (χ0v) is 13.6. The number of hydrogen-bond acceptors (Lipinski definition) is 6. The van der Waals surface area contributed by atoms with E-state index in [-0.39, 0.29) is 11.5 Å². The molecule has 1 aromatic heterocycles. The van der Waals surface area contributed by atoms with Gasteiger partial charge < -0.3 is 21.1 Å². The van der Waals surface area contributed by atoms with Crippen molar-refractivity contribution in [2.24, 2.45) is 0 Å². The van der Waals surface area contributed by atoms with Crippen LogP contribution in [0.1, 0.15) is 10.5 Å². The molecule has 0 atom stereocenters. The summed E-state index contributed by atoms with van der Waals surface area (Å²) in [5.41, 5.74) is 8.21. The number of hydrogen-bond donors (Lipinski definition) is 3. The average Bonchev–Trinajstić information content (AvgIpc) is 2.64. The minimum Gasteiger partial charge on any atom is -0.497 e. The SMILES string of the molecule is COc1ccc(Nc2ccc(NC(=O)c3nccnc3N)cc2)cc1. The molecule has 3 rings (SSSR count). The summed E-state index contributed by atoms with van der Waals surface area (Å²) in [6.45, 7) is 0. The standard InChI is InChI=1S/C18H17N5O2/c1-25-15-8-6-13(7-9-15)22-12-2-4-14(5-3-12)23-18(24)16-17(19)21-11-10-20-16/h2-11,22H,1H3,(H2,19,21)(H,23,24). The van der Waals surface area contributed by atoms with Crippen molar-refractivity contribution in [3.63, 3.8) is 0 Å². The van der Waals surface area contributed by atoms with Crippen LogP contribution in [0.5, 0.6) is 5.75 Å². The molecule has 0 aliphatic carbocycles. The van der Waals surface area contributed by atoms with Gasteiger partial charge >= 0.3 is 0 Å². The van der Waals surface area contributed by atoms with Crippen LogP contribution in [0.25, 0.3) is 0 Å². The number of methoxy groups -OCH3 is 1. The molecule has 0 fully saturated rings. The first-order valence-electron chi connectivity index (χ1n) is 7.54. The van der Waals surface area contributed by atoms with Crippen LogP contribution in [0.2, 0.25) is 0 Å². The van der Waals surface area contributed by atoms with Crippen molar-refractivity contribution in [2.45, 2.75) is 0 Å². The molecule has 1 amide bonds. The number of ether oxygens (including phenoxy) is 1. The molecule has 25 heavy (non-hydrogen) atoms. The number of amides is 1. The topological polar surface area (TPSA) is 102 Å². The number of nitrogens with zero attached hydrogens (tertiary/aromatic N) is 2. The molecule has 0 radical (unpaired) electrons. The van der Waals surface area contributed by atoms with Crippen LogP contribution in [0.4, 0.5) is 22.9 Å². The van der Waals surface area contributed by atoms with Gasteiger partial charge in [-0.3, -0.25) is 4.79 Å². The van der Waals surface area contributed by atoms with Crippen LogP contribution in [-0.2, 0) is 0 Å². The highest BCUT2D eigenvalue weighted by molar-refractivity contribution is 6.05. The summed E-state index contributed by atoms with van der Waals surface area (Å²) in [7, 11) is 1.63. The highest BCUT2D eigenvalue weighted by atomic mass is 16.5. The van der Waals surface area contributed by atoms with Crippen molar-refractivity contribution < 1.29 is 9.53 Å². The number of carbonyl (C=O) groups excluding carboxylic acids is 1. The van der Waals surface area contributed by atoms with Gasteiger partial charge in [-0.1, -0.05) is 0 Å². The minimum atomic E-state index is -0.401. The fourth-order valence-corrected chi connectivity index (χ4v) is 2.19. The molecule has 0 aliphatic rings. The molecule has 0 aliphatic heterocycles. The second kappa shape index (κ2) is 7.31. The molecule has 1 heterocycles. The maximum Gasteiger partial charge on any atom is 0.278 e. The second-order valence-electron chi connectivity index (χ2n) is 5.18. The van der Waals surface area contributed by atoms with Gasteiger partial charge in [-0.25, -0.2) is 9.97 Å². The Balaban J connectivity index is 1.65. The van der Waals surface area contributed by atoms with Crippen LogP contribution >= 0.6 is 0 Å². The van der Waals surface area contributed by atoms with Crippen molar-refractivity contribution in [2.75, 3.05) is 23.5 Å². The van der Waals surface area contributed by atoms with Crippen LogP contribution < -0.4 is 21.1 Å². The van der Waals surface area contributed by atoms with E-state index in [2.05, 4.69) is 20.6 Å². The molecular weight excluding hydrogens is 318 g/mol. The van der Waals surface area contributed by atoms with Gasteiger partial charge in [0, 0.05) is 29.5 Å². The van der Waals surface area contributed by atoms with Gasteiger partial charge in [-0.15, -0.1) is 0 Å². The van der Waals surface area contributed by atoms with Crippen LogP contribution in [0.3, 0.4) is 0 Å². The largest absolute Gasteiger partial charge is 0.497 e. The summed E-state index contributed by atoms with van der Waals surface area (Å²) in [6, 6.07) is 14.9. The number of rotatable bonds is 5. The number of carbonyl (C=O) groups is 1. The molecule has 7 nitrogen and oxygen atoms in total. The first-order chi connectivity index (χ1) is 12.2. The van der Waals surface area contributed by atoms with Gasteiger partial charge in [0.25, 0.3) is 5.91 Å². The molecule has 0 bridgehead atoms. The number of aromatic nitrogens is 2. The minimum absolute atomic E-state index is 0.0952. The van der Waals surface area contributed by atoms with Crippen molar-refractivity contribution in [1.29, 1.82) is 0 Å². The van der Waals surface area contributed by atoms with E-state index in [0.29, 0.717) is 5.69 Å². The summed E-state index contributed by atoms with van der Waals surface area (Å²) >= 11 is 0. The lowest BCUT2D eigenvalue weighted by Gasteiger charge is -2.09. The Kier molecular flexibility index (Phi) is 4.75. The first kappa shape index (κ1) is 16.3. The normalized spacial score (nSPS) is 10.1. The number of nitrogens with two attached hydrogens (primary N) is 1. The van der Waals surface area contributed by atoms with Gasteiger partial charge in [-0.2, -0.15) is 0 Å². The molecule has 3 aromatic rings. The molecule has 7 heteroatoms. The molecule has 0 saturated carbocycles. The Morgan fingerprint density at radius 3 is 2.08 bits per heavy atom. The van der Waals surface area contributed by atoms with Gasteiger partial charge in [0.15, 0.2) is 11.5 Å². The Hall–Kier alpha value is -3.61. The monoisotopic (exact) mass is 335 g/mol. The third-order valence-electron chi connectivity index (χ3n) is 3.46. The zero-order valence-electron chi connectivity index (χ0n) is 13.6. The predicted octanol–water partition coefficient (Wildman–Crippen LogP) is 3.06. The highest BCUT2D eigenvalue weighted by Crippen LogP contribution is 2.21. The third kappa shape index (κ3) is 4.03. The van der Waals surface area contributed by atoms with E-state index in [1.54, 1.807) is 19.2 Å². The molecule has 4 N–H and O–H groups in total. The Labute approximate surface area is 144 Å². The summed E-state index contributed by atoms with van der Waals surface area (Å²) in [5.74, 6) is 0.492. The number of nitrogen functional groups attached to an aromatic ring is 1. The Bertz CT molecular complexity index is 863. The van der Waals surface area contributed by atoms with Gasteiger partial charge in [-0.05, 0) is 48.5 Å². The maximum absolute atomic E-state index is 12.2. The molecular formula is C18H17N5O2. The smallest absolute Gasteiger partial charge is 0.278 e. The fourth-order valence-electron chi connectivity index (χ4n) is 2.19. The molecule has 2 aromatic carbocycles. The van der Waals surface area contributed by atoms with Gasteiger partial charge in [0.2, 0.25) is 0 Å². The van der Waals surface area contributed by atoms with Crippen molar-refractivity contribution in [1.82, 2.24) is 9.97 Å². The van der Waals surface area contributed by atoms with E-state index in [1.807, 2.05) is 36.4 Å². The van der Waals surface area contributed by atoms with Crippen molar-refractivity contribution in [3.05, 3.63) is 66.6 Å². The lowest BCUT2D eigenvalue weighted by Crippen LogP contribution is -2.16. The van der Waals surface area contributed by atoms with E-state index in [9.17, 15) is 4.79 Å². The maximum atomic E-state index is 12.2. The molecule has 0 spiro atoms. The van der Waals surface area contributed by atoms with E-state index in [1.165, 1.54) is 12.4 Å². The average molecular weight is 335 g/mol. The number of anilines is 4. The summed E-state index contributed by atoms with van der Waals surface area (Å²) in [5, 5.41) is 6.01. The lowest BCUT2D eigenvalue weighted by atomic mass is 10.2. The summed E-state index contributed by atoms with van der Waals surface area (Å²) in [6.07, 6.45) is 2.86. The van der Waals surface area contributed by atoms with Crippen LogP contribution in [0, 0.1) is 0 Å². The summed E-state index contributed by atoms with van der Waals surface area (Å²) < 4.78 is 5.13. The lowest BCUT2D eigenvalue weighted by molar-refractivity contribution is 0.102. The Morgan fingerprint density at radius 1 is 0.920 bits per heavy atom. The van der Waals surface area contributed by atoms with Crippen molar-refractivity contribution >= 4 is 28.8 Å². The molecule has 126 valence electrons. The number of benzene rings is 2. The van der Waals surface area contributed by atoms with E-state index >= 15 is 0 Å². The van der Waals surface area contributed by atoms with E-state index in [4.69, 9.17) is 10.5 Å². The van der Waals surface area contributed by atoms with E-state index < -0.39 is 5.91 Å². The van der Waals surface area contributed by atoms with Crippen molar-refractivity contribution in [3.8, 4) is 5.75 Å². The van der Waals surface area contributed by atoms with Crippen LogP contribution in [-0.4, -0.2) is 23.0 Å². The molecule has 0 saturated heterocycles. The first-order valence-corrected chi connectivity index (χ1v) is 7.54. The van der Waals surface area contributed by atoms with Crippen LogP contribution in [0.15, 0.2) is 60.9 Å². The third-order valence-corrected chi connectivity index (χ3v) is 3.46. The highest BCUT2D eigenvalue weighted by Gasteiger charge is 2.12. The predicted molar refractivity (Wildman–Crippen MR) is 97.1 cm³/mol. The molecule has 0 unspecified atom stereocenters. The van der Waals surface area contributed by atoms with Gasteiger partial charge in [0.05, 0.1) is 7.11 Å². The Morgan fingerprint density at radius 2 is 1.48 bits per heavy atom. The fraction of sp³-hybridized carbons (Fsp3) is 0.0556. The van der Waals surface area contributed by atoms with Gasteiger partial charge in [0.1, 0.15) is 5.75 Å². The second-order valence-corrected chi connectivity index (χ2v) is 5.18. The quantitative estimate of drug-likeness (QED) is 0.662. The number of nitrogens with one attached hydrogen (secondary N) is 2. The zero-order chi connectivity index (χ0) is 17.6.